The molecular formula is C36H43NO6. The zero-order valence-electron chi connectivity index (χ0n) is 25.8. The van der Waals surface area contributed by atoms with Gasteiger partial charge in [0.2, 0.25) is 11.5 Å². The highest BCUT2D eigenvalue weighted by molar-refractivity contribution is 5.80. The number of carbonyl (C=O) groups is 1. The third kappa shape index (κ3) is 6.35. The maximum atomic E-state index is 14.1. The number of carbonyl (C=O) groups excluding carboxylic acids is 1. The minimum absolute atomic E-state index is 0.0871. The first-order valence-electron chi connectivity index (χ1n) is 15.0. The molecule has 0 amide bonds. The van der Waals surface area contributed by atoms with Crippen LogP contribution in [0.3, 0.4) is 0 Å². The van der Waals surface area contributed by atoms with E-state index in [-0.39, 0.29) is 6.61 Å². The van der Waals surface area contributed by atoms with Crippen LogP contribution in [0.15, 0.2) is 103 Å². The Kier molecular flexibility index (Phi) is 8.70. The van der Waals surface area contributed by atoms with Gasteiger partial charge in [-0.2, -0.15) is 0 Å². The molecule has 2 aliphatic rings. The first-order chi connectivity index (χ1) is 20.5. The Morgan fingerprint density at radius 2 is 1.33 bits per heavy atom. The number of nitrogens with zero attached hydrogens (tertiary/aromatic N) is 1. The maximum absolute atomic E-state index is 14.1. The van der Waals surface area contributed by atoms with Crippen LogP contribution in [0, 0.1) is 5.92 Å². The molecule has 1 N–H and O–H groups in total. The van der Waals surface area contributed by atoms with Gasteiger partial charge in [0.05, 0.1) is 12.5 Å². The van der Waals surface area contributed by atoms with Gasteiger partial charge >= 0.3 is 5.97 Å². The lowest BCUT2D eigenvalue weighted by atomic mass is 9.79. The second-order valence-electron chi connectivity index (χ2n) is 12.7. The lowest BCUT2D eigenvalue weighted by Crippen LogP contribution is -2.62. The molecule has 0 spiro atoms. The minimum atomic E-state index is -2.07. The molecule has 0 aromatic heterocycles. The van der Waals surface area contributed by atoms with Gasteiger partial charge in [0.25, 0.3) is 0 Å². The standard InChI is InChI=1S/C36H43NO6/c1-33(2,3)43-32(38)36(39,37-23-15-16-24-37)30(31-26-40-34(4,5)42-31)25-41-35(27-17-9-6-10-18-27,28-19-11-7-12-20-28)29-21-13-8-14-22-29/h6-14,17-22,26,30,39H,15-16,23-25H2,1-5H3/t30?,36-/m1/s1. The summed E-state index contributed by atoms with van der Waals surface area (Å²) in [5.74, 6) is -2.36. The minimum Gasteiger partial charge on any atom is -0.457 e. The van der Waals surface area contributed by atoms with E-state index in [0.717, 1.165) is 29.5 Å². The van der Waals surface area contributed by atoms with Crippen LogP contribution in [0.2, 0.25) is 0 Å². The molecule has 7 nitrogen and oxygen atoms in total. The number of benzene rings is 3. The topological polar surface area (TPSA) is 77.5 Å². The predicted molar refractivity (Wildman–Crippen MR) is 165 cm³/mol. The van der Waals surface area contributed by atoms with E-state index in [9.17, 15) is 9.90 Å². The van der Waals surface area contributed by atoms with Gasteiger partial charge in [-0.05, 0) is 50.3 Å². The van der Waals surface area contributed by atoms with E-state index in [1.807, 2.05) is 91.0 Å². The summed E-state index contributed by atoms with van der Waals surface area (Å²) in [4.78, 5) is 15.9. The van der Waals surface area contributed by atoms with Crippen molar-refractivity contribution < 1.29 is 28.8 Å². The molecule has 1 saturated heterocycles. The van der Waals surface area contributed by atoms with Gasteiger partial charge in [-0.1, -0.05) is 91.0 Å². The molecule has 0 radical (unpaired) electrons. The van der Waals surface area contributed by atoms with Crippen molar-refractivity contribution >= 4 is 5.97 Å². The van der Waals surface area contributed by atoms with E-state index in [0.29, 0.717) is 18.8 Å². The molecule has 1 unspecified atom stereocenters. The molecule has 3 aromatic rings. The van der Waals surface area contributed by atoms with Crippen molar-refractivity contribution in [1.82, 2.24) is 4.90 Å². The highest BCUT2D eigenvalue weighted by Gasteiger charge is 2.57. The molecule has 5 rings (SSSR count). The van der Waals surface area contributed by atoms with Crippen LogP contribution in [0.1, 0.15) is 64.2 Å². The van der Waals surface area contributed by atoms with E-state index in [1.54, 1.807) is 39.5 Å². The molecule has 2 aliphatic heterocycles. The average molecular weight is 586 g/mol. The quantitative estimate of drug-likeness (QED) is 0.219. The maximum Gasteiger partial charge on any atom is 0.355 e. The highest BCUT2D eigenvalue weighted by atomic mass is 16.7. The smallest absolute Gasteiger partial charge is 0.355 e. The third-order valence-electron chi connectivity index (χ3n) is 7.95. The summed E-state index contributed by atoms with van der Waals surface area (Å²) in [6, 6.07) is 30.0. The number of esters is 1. The molecule has 0 bridgehead atoms. The van der Waals surface area contributed by atoms with E-state index in [4.69, 9.17) is 18.9 Å². The number of likely N-dealkylation sites (tertiary alicyclic amines) is 1. The number of rotatable bonds is 10. The van der Waals surface area contributed by atoms with Crippen molar-refractivity contribution in [3.8, 4) is 0 Å². The average Bonchev–Trinajstić information content (AvgIpc) is 3.66. The second kappa shape index (κ2) is 12.2. The fourth-order valence-corrected chi connectivity index (χ4v) is 5.96. The van der Waals surface area contributed by atoms with Crippen LogP contribution in [0.4, 0.5) is 0 Å². The monoisotopic (exact) mass is 585 g/mol. The van der Waals surface area contributed by atoms with Gasteiger partial charge in [0.15, 0.2) is 0 Å². The van der Waals surface area contributed by atoms with Crippen molar-refractivity contribution in [3.63, 3.8) is 0 Å². The third-order valence-corrected chi connectivity index (χ3v) is 7.95. The molecular weight excluding hydrogens is 542 g/mol. The van der Waals surface area contributed by atoms with Crippen molar-refractivity contribution in [2.24, 2.45) is 5.92 Å². The van der Waals surface area contributed by atoms with E-state index in [1.165, 1.54) is 6.26 Å². The molecule has 228 valence electrons. The van der Waals surface area contributed by atoms with E-state index in [2.05, 4.69) is 0 Å². The van der Waals surface area contributed by atoms with Gasteiger partial charge in [-0.15, -0.1) is 0 Å². The molecule has 7 heteroatoms. The van der Waals surface area contributed by atoms with Gasteiger partial charge in [0, 0.05) is 26.9 Å². The highest BCUT2D eigenvalue weighted by Crippen LogP contribution is 2.44. The van der Waals surface area contributed by atoms with Gasteiger partial charge in [0.1, 0.15) is 23.2 Å². The Morgan fingerprint density at radius 1 is 0.860 bits per heavy atom. The Hall–Kier alpha value is -3.65. The number of hydrogen-bond donors (Lipinski definition) is 1. The molecule has 43 heavy (non-hydrogen) atoms. The predicted octanol–water partition coefficient (Wildman–Crippen LogP) is 6.36. The Balaban J connectivity index is 1.66. The first kappa shape index (κ1) is 30.8. The van der Waals surface area contributed by atoms with Crippen LogP contribution in [0.5, 0.6) is 0 Å². The van der Waals surface area contributed by atoms with E-state index < -0.39 is 34.6 Å². The number of aliphatic hydroxyl groups is 1. The van der Waals surface area contributed by atoms with Crippen molar-refractivity contribution in [1.29, 1.82) is 0 Å². The zero-order chi connectivity index (χ0) is 30.7. The summed E-state index contributed by atoms with van der Waals surface area (Å²) in [5.41, 5.74) is -1.24. The van der Waals surface area contributed by atoms with Crippen molar-refractivity contribution in [2.45, 2.75) is 70.2 Å². The molecule has 2 heterocycles. The fourth-order valence-electron chi connectivity index (χ4n) is 5.96. The second-order valence-corrected chi connectivity index (χ2v) is 12.7. The zero-order valence-corrected chi connectivity index (χ0v) is 25.8. The fraction of sp³-hybridized carbons (Fsp3) is 0.417. The van der Waals surface area contributed by atoms with Crippen molar-refractivity contribution in [3.05, 3.63) is 120 Å². The van der Waals surface area contributed by atoms with Crippen LogP contribution in [-0.4, -0.2) is 52.8 Å². The van der Waals surface area contributed by atoms with Gasteiger partial charge in [-0.3, -0.25) is 4.90 Å². The largest absolute Gasteiger partial charge is 0.457 e. The lowest BCUT2D eigenvalue weighted by Gasteiger charge is -2.44. The summed E-state index contributed by atoms with van der Waals surface area (Å²) >= 11 is 0. The summed E-state index contributed by atoms with van der Waals surface area (Å²) in [6.07, 6.45) is 3.19. The summed E-state index contributed by atoms with van der Waals surface area (Å²) < 4.78 is 25.1. The molecule has 2 atom stereocenters. The Labute approximate surface area is 255 Å². The van der Waals surface area contributed by atoms with Crippen LogP contribution in [-0.2, 0) is 29.3 Å². The van der Waals surface area contributed by atoms with Gasteiger partial charge < -0.3 is 24.1 Å². The summed E-state index contributed by atoms with van der Waals surface area (Å²) in [7, 11) is 0. The molecule has 1 fully saturated rings. The van der Waals surface area contributed by atoms with Crippen LogP contribution in [0.25, 0.3) is 0 Å². The summed E-state index contributed by atoms with van der Waals surface area (Å²) in [6.45, 7) is 9.95. The molecule has 3 aromatic carbocycles. The van der Waals surface area contributed by atoms with E-state index >= 15 is 0 Å². The Bertz CT molecular complexity index is 1300. The first-order valence-corrected chi connectivity index (χ1v) is 15.0. The number of ether oxygens (including phenoxy) is 4. The van der Waals surface area contributed by atoms with Crippen molar-refractivity contribution in [2.75, 3.05) is 19.7 Å². The van der Waals surface area contributed by atoms with Crippen LogP contribution >= 0.6 is 0 Å². The molecule has 0 aliphatic carbocycles. The summed E-state index contributed by atoms with van der Waals surface area (Å²) in [5, 5.41) is 12.6. The van der Waals surface area contributed by atoms with Crippen LogP contribution < -0.4 is 0 Å². The number of hydrogen-bond acceptors (Lipinski definition) is 7. The normalized spacial score (nSPS) is 19.1. The lowest BCUT2D eigenvalue weighted by molar-refractivity contribution is -0.220. The SMILES string of the molecule is CC(C)(C)OC(=O)[C@](O)(C(COC(c1ccccc1)(c1ccccc1)c1ccccc1)C1=COC(C)(C)O1)N1CCCC1. The van der Waals surface area contributed by atoms with Gasteiger partial charge in [-0.25, -0.2) is 4.79 Å². The molecule has 0 saturated carbocycles. The Morgan fingerprint density at radius 3 is 1.72 bits per heavy atom.